The Labute approximate surface area is 124 Å². The summed E-state index contributed by atoms with van der Waals surface area (Å²) in [6.07, 6.45) is 3.84. The summed E-state index contributed by atoms with van der Waals surface area (Å²) in [7, 11) is 1.67. The van der Waals surface area contributed by atoms with Crippen LogP contribution in [0.2, 0.25) is 0 Å². The Bertz CT molecular complexity index is 655. The second-order valence-electron chi connectivity index (χ2n) is 5.60. The van der Waals surface area contributed by atoms with Gasteiger partial charge in [0.15, 0.2) is 0 Å². The zero-order valence-corrected chi connectivity index (χ0v) is 12.4. The van der Waals surface area contributed by atoms with Gasteiger partial charge in [-0.1, -0.05) is 12.1 Å². The number of benzene rings is 1. The average molecular weight is 284 g/mol. The summed E-state index contributed by atoms with van der Waals surface area (Å²) in [6, 6.07) is 8.15. The van der Waals surface area contributed by atoms with Crippen molar-refractivity contribution in [3.05, 3.63) is 47.2 Å². The van der Waals surface area contributed by atoms with Gasteiger partial charge in [0, 0.05) is 18.2 Å². The second-order valence-corrected chi connectivity index (χ2v) is 5.60. The van der Waals surface area contributed by atoms with Crippen molar-refractivity contribution in [3.63, 3.8) is 0 Å². The molecule has 0 spiro atoms. The largest absolute Gasteiger partial charge is 0.497 e. The van der Waals surface area contributed by atoms with Crippen molar-refractivity contribution in [1.29, 1.82) is 0 Å². The molecule has 4 heteroatoms. The lowest BCUT2D eigenvalue weighted by Crippen LogP contribution is -2.23. The van der Waals surface area contributed by atoms with E-state index in [0.29, 0.717) is 11.7 Å². The molecule has 21 heavy (non-hydrogen) atoms. The first kappa shape index (κ1) is 13.7. The molecule has 0 unspecified atom stereocenters. The molecule has 0 bridgehead atoms. The van der Waals surface area contributed by atoms with E-state index >= 15 is 0 Å². The maximum Gasteiger partial charge on any atom is 0.126 e. The van der Waals surface area contributed by atoms with Crippen LogP contribution >= 0.6 is 0 Å². The number of hydrogen-bond acceptors (Lipinski definition) is 4. The van der Waals surface area contributed by atoms with Gasteiger partial charge in [-0.3, -0.25) is 0 Å². The van der Waals surface area contributed by atoms with E-state index < -0.39 is 0 Å². The quantitative estimate of drug-likeness (QED) is 0.941. The molecule has 2 N–H and O–H groups in total. The van der Waals surface area contributed by atoms with Gasteiger partial charge < -0.3 is 15.2 Å². The number of pyridine rings is 1. The first-order chi connectivity index (χ1) is 10.2. The molecule has 2 aromatic rings. The molecule has 1 aromatic heterocycles. The van der Waals surface area contributed by atoms with Crippen LogP contribution in [0.15, 0.2) is 30.5 Å². The monoisotopic (exact) mass is 284 g/mol. The van der Waals surface area contributed by atoms with Gasteiger partial charge >= 0.3 is 0 Å². The van der Waals surface area contributed by atoms with Crippen LogP contribution in [0.3, 0.4) is 0 Å². The highest BCUT2D eigenvalue weighted by Gasteiger charge is 2.21. The normalized spacial score (nSPS) is 17.0. The van der Waals surface area contributed by atoms with Crippen LogP contribution in [0.25, 0.3) is 0 Å². The zero-order valence-electron chi connectivity index (χ0n) is 12.4. The summed E-state index contributed by atoms with van der Waals surface area (Å²) in [5.74, 6) is 2.86. The minimum Gasteiger partial charge on any atom is -0.497 e. The number of nitrogens with zero attached hydrogens (tertiary/aromatic N) is 1. The molecule has 0 saturated heterocycles. The van der Waals surface area contributed by atoms with E-state index in [0.717, 1.165) is 36.5 Å². The number of anilines is 1. The number of nitrogens with two attached hydrogens (primary N) is 1. The Balaban J connectivity index is 1.72. The number of rotatable bonds is 3. The van der Waals surface area contributed by atoms with Crippen LogP contribution in [0, 0.1) is 12.8 Å². The molecule has 0 fully saturated rings. The predicted octanol–water partition coefficient (Wildman–Crippen LogP) is 2.77. The summed E-state index contributed by atoms with van der Waals surface area (Å²) in [6.45, 7) is 2.72. The van der Waals surface area contributed by atoms with Crippen molar-refractivity contribution in [2.45, 2.75) is 19.8 Å². The zero-order chi connectivity index (χ0) is 14.8. The highest BCUT2D eigenvalue weighted by molar-refractivity contribution is 5.43. The standard InChI is InChI=1S/C17H20N2O2/c1-11-5-12(9-19-17(11)18)6-13-7-14-3-4-15(20-2)8-16(14)21-10-13/h3-5,8-9,13H,6-7,10H2,1-2H3,(H2,18,19)/t13-/m1/s1. The molecule has 0 amide bonds. The summed E-state index contributed by atoms with van der Waals surface area (Å²) < 4.78 is 11.1. The molecule has 3 rings (SSSR count). The van der Waals surface area contributed by atoms with Gasteiger partial charge in [0.05, 0.1) is 13.7 Å². The van der Waals surface area contributed by atoms with Gasteiger partial charge in [0.2, 0.25) is 0 Å². The molecule has 2 heterocycles. The fraction of sp³-hybridized carbons (Fsp3) is 0.353. The van der Waals surface area contributed by atoms with E-state index in [1.54, 1.807) is 7.11 Å². The van der Waals surface area contributed by atoms with Crippen molar-refractivity contribution in [2.24, 2.45) is 5.92 Å². The van der Waals surface area contributed by atoms with Crippen LogP contribution in [-0.4, -0.2) is 18.7 Å². The number of aryl methyl sites for hydroxylation is 1. The highest BCUT2D eigenvalue weighted by atomic mass is 16.5. The molecule has 1 aliphatic heterocycles. The Morgan fingerprint density at radius 3 is 3.00 bits per heavy atom. The molecule has 4 nitrogen and oxygen atoms in total. The lowest BCUT2D eigenvalue weighted by Gasteiger charge is -2.25. The third kappa shape index (κ3) is 2.94. The lowest BCUT2D eigenvalue weighted by molar-refractivity contribution is 0.220. The fourth-order valence-electron chi connectivity index (χ4n) is 2.76. The lowest BCUT2D eigenvalue weighted by atomic mass is 9.91. The SMILES string of the molecule is COc1ccc2c(c1)OC[C@H](Cc1cnc(N)c(C)c1)C2. The maximum atomic E-state index is 5.88. The van der Waals surface area contributed by atoms with Crippen molar-refractivity contribution in [2.75, 3.05) is 19.5 Å². The van der Waals surface area contributed by atoms with Crippen molar-refractivity contribution >= 4 is 5.82 Å². The van der Waals surface area contributed by atoms with E-state index in [4.69, 9.17) is 15.2 Å². The maximum absolute atomic E-state index is 5.88. The first-order valence-corrected chi connectivity index (χ1v) is 7.16. The summed E-state index contributed by atoms with van der Waals surface area (Å²) in [4.78, 5) is 4.23. The van der Waals surface area contributed by atoms with Crippen LogP contribution in [0.5, 0.6) is 11.5 Å². The molecule has 110 valence electrons. The van der Waals surface area contributed by atoms with Gasteiger partial charge in [-0.2, -0.15) is 0 Å². The van der Waals surface area contributed by atoms with Crippen LogP contribution in [0.4, 0.5) is 5.82 Å². The molecule has 0 radical (unpaired) electrons. The van der Waals surface area contributed by atoms with Crippen LogP contribution in [0.1, 0.15) is 16.7 Å². The first-order valence-electron chi connectivity index (χ1n) is 7.16. The number of nitrogen functional groups attached to an aromatic ring is 1. The molecular formula is C17H20N2O2. The third-order valence-electron chi connectivity index (χ3n) is 3.96. The molecular weight excluding hydrogens is 264 g/mol. The smallest absolute Gasteiger partial charge is 0.126 e. The van der Waals surface area contributed by atoms with Crippen LogP contribution < -0.4 is 15.2 Å². The number of ether oxygens (including phenoxy) is 2. The average Bonchev–Trinajstić information content (AvgIpc) is 2.50. The topological polar surface area (TPSA) is 57.4 Å². The Morgan fingerprint density at radius 1 is 1.38 bits per heavy atom. The summed E-state index contributed by atoms with van der Waals surface area (Å²) in [5, 5.41) is 0. The number of hydrogen-bond donors (Lipinski definition) is 1. The minimum atomic E-state index is 0.468. The molecule has 0 saturated carbocycles. The Hall–Kier alpha value is -2.23. The molecule has 1 atom stereocenters. The third-order valence-corrected chi connectivity index (χ3v) is 3.96. The second kappa shape index (κ2) is 5.64. The Kier molecular flexibility index (Phi) is 3.69. The van der Waals surface area contributed by atoms with Gasteiger partial charge in [-0.05, 0) is 42.5 Å². The van der Waals surface area contributed by atoms with E-state index in [1.807, 2.05) is 25.3 Å². The van der Waals surface area contributed by atoms with E-state index in [9.17, 15) is 0 Å². The van der Waals surface area contributed by atoms with Gasteiger partial charge in [0.25, 0.3) is 0 Å². The number of fused-ring (bicyclic) bond motifs is 1. The fourth-order valence-corrected chi connectivity index (χ4v) is 2.76. The molecule has 0 aliphatic carbocycles. The van der Waals surface area contributed by atoms with Crippen molar-refractivity contribution in [1.82, 2.24) is 4.98 Å². The summed E-state index contributed by atoms with van der Waals surface area (Å²) >= 11 is 0. The van der Waals surface area contributed by atoms with Gasteiger partial charge in [0.1, 0.15) is 17.3 Å². The highest BCUT2D eigenvalue weighted by Crippen LogP contribution is 2.32. The van der Waals surface area contributed by atoms with Gasteiger partial charge in [-0.25, -0.2) is 4.98 Å². The van der Waals surface area contributed by atoms with Crippen molar-refractivity contribution < 1.29 is 9.47 Å². The van der Waals surface area contributed by atoms with Gasteiger partial charge in [-0.15, -0.1) is 0 Å². The molecule has 1 aliphatic rings. The van der Waals surface area contributed by atoms with E-state index in [1.165, 1.54) is 11.1 Å². The van der Waals surface area contributed by atoms with Crippen molar-refractivity contribution in [3.8, 4) is 11.5 Å². The van der Waals surface area contributed by atoms with Crippen LogP contribution in [-0.2, 0) is 12.8 Å². The Morgan fingerprint density at radius 2 is 2.24 bits per heavy atom. The van der Waals surface area contributed by atoms with E-state index in [-0.39, 0.29) is 0 Å². The predicted molar refractivity (Wildman–Crippen MR) is 82.8 cm³/mol. The molecule has 1 aromatic carbocycles. The van der Waals surface area contributed by atoms with E-state index in [2.05, 4.69) is 17.1 Å². The minimum absolute atomic E-state index is 0.468. The number of methoxy groups -OCH3 is 1. The summed E-state index contributed by atoms with van der Waals surface area (Å²) in [5.41, 5.74) is 9.26. The number of aromatic nitrogens is 1.